The van der Waals surface area contributed by atoms with Gasteiger partial charge >= 0.3 is 0 Å². The first kappa shape index (κ1) is 15.9. The first-order valence-corrected chi connectivity index (χ1v) is 9.74. The van der Waals surface area contributed by atoms with Crippen LogP contribution in [0.4, 0.5) is 5.69 Å². The average molecular weight is 348 g/mol. The summed E-state index contributed by atoms with van der Waals surface area (Å²) in [4.78, 5) is 16.5. The molecule has 0 saturated carbocycles. The van der Waals surface area contributed by atoms with Gasteiger partial charge in [0.1, 0.15) is 0 Å². The van der Waals surface area contributed by atoms with Crippen LogP contribution in [0.2, 0.25) is 0 Å². The number of allylic oxidation sites excluding steroid dienone is 1. The molecule has 3 rings (SSSR count). The Balaban J connectivity index is 1.66. The van der Waals surface area contributed by atoms with Crippen molar-refractivity contribution >= 4 is 32.8 Å². The summed E-state index contributed by atoms with van der Waals surface area (Å²) in [7, 11) is -3.12. The van der Waals surface area contributed by atoms with Crippen molar-refractivity contribution in [3.63, 3.8) is 0 Å². The van der Waals surface area contributed by atoms with E-state index >= 15 is 0 Å². The quantitative estimate of drug-likeness (QED) is 0.921. The minimum atomic E-state index is -3.12. The Labute approximate surface area is 139 Å². The molecule has 1 amide bonds. The van der Waals surface area contributed by atoms with Gasteiger partial charge in [-0.05, 0) is 19.1 Å². The molecule has 0 radical (unpaired) electrons. The SMILES string of the molecule is Cc1nc(-c2cccc(NC(=O)CC3C=CS(=O)(=O)C3)c2)cs1. The normalized spacial score (nSPS) is 18.9. The van der Waals surface area contributed by atoms with Gasteiger partial charge in [-0.25, -0.2) is 13.4 Å². The van der Waals surface area contributed by atoms with Crippen molar-refractivity contribution in [3.8, 4) is 11.3 Å². The molecule has 5 nitrogen and oxygen atoms in total. The van der Waals surface area contributed by atoms with Crippen LogP contribution in [0.25, 0.3) is 11.3 Å². The molecule has 1 aliphatic rings. The molecule has 0 fully saturated rings. The van der Waals surface area contributed by atoms with Crippen LogP contribution in [-0.4, -0.2) is 25.1 Å². The Morgan fingerprint density at radius 1 is 1.43 bits per heavy atom. The number of nitrogens with one attached hydrogen (secondary N) is 1. The third-order valence-corrected chi connectivity index (χ3v) is 5.75. The first-order valence-electron chi connectivity index (χ1n) is 7.15. The standard InChI is InChI=1S/C16H16N2O3S2/c1-11-17-15(9-22-11)13-3-2-4-14(8-13)18-16(19)7-12-5-6-23(20,21)10-12/h2-6,8-9,12H,7,10H2,1H3,(H,18,19). The van der Waals surface area contributed by atoms with E-state index in [1.807, 2.05) is 36.6 Å². The molecule has 0 spiro atoms. The Hall–Kier alpha value is -1.99. The molecule has 1 N–H and O–H groups in total. The maximum atomic E-state index is 12.1. The predicted molar refractivity (Wildman–Crippen MR) is 92.0 cm³/mol. The summed E-state index contributed by atoms with van der Waals surface area (Å²) in [6.07, 6.45) is 1.75. The second-order valence-corrected chi connectivity index (χ2v) is 8.50. The van der Waals surface area contributed by atoms with Crippen molar-refractivity contribution in [1.29, 1.82) is 0 Å². The van der Waals surface area contributed by atoms with Gasteiger partial charge in [-0.1, -0.05) is 18.2 Å². The summed E-state index contributed by atoms with van der Waals surface area (Å²) < 4.78 is 22.7. The van der Waals surface area contributed by atoms with Gasteiger partial charge in [0.05, 0.1) is 16.5 Å². The van der Waals surface area contributed by atoms with Crippen molar-refractivity contribution in [2.75, 3.05) is 11.1 Å². The molecule has 1 unspecified atom stereocenters. The van der Waals surface area contributed by atoms with E-state index in [4.69, 9.17) is 0 Å². The number of amides is 1. The van der Waals surface area contributed by atoms with E-state index in [9.17, 15) is 13.2 Å². The van der Waals surface area contributed by atoms with Gasteiger partial charge < -0.3 is 5.32 Å². The molecule has 2 heterocycles. The first-order chi connectivity index (χ1) is 10.9. The topological polar surface area (TPSA) is 76.1 Å². The highest BCUT2D eigenvalue weighted by atomic mass is 32.2. The fourth-order valence-electron chi connectivity index (χ4n) is 2.47. The van der Waals surface area contributed by atoms with Gasteiger partial charge in [0.2, 0.25) is 5.91 Å². The van der Waals surface area contributed by atoms with Crippen LogP contribution in [0, 0.1) is 12.8 Å². The third kappa shape index (κ3) is 4.05. The summed E-state index contributed by atoms with van der Waals surface area (Å²) in [5.74, 6) is -0.425. The lowest BCUT2D eigenvalue weighted by atomic mass is 10.1. The molecule has 120 valence electrons. The number of carbonyl (C=O) groups excluding carboxylic acids is 1. The summed E-state index contributed by atoms with van der Waals surface area (Å²) in [6, 6.07) is 7.48. The molecule has 1 atom stereocenters. The van der Waals surface area contributed by atoms with E-state index in [-0.39, 0.29) is 24.0 Å². The van der Waals surface area contributed by atoms with Crippen LogP contribution in [0.5, 0.6) is 0 Å². The van der Waals surface area contributed by atoms with E-state index < -0.39 is 9.84 Å². The number of hydrogen-bond donors (Lipinski definition) is 1. The Morgan fingerprint density at radius 2 is 2.26 bits per heavy atom. The Kier molecular flexibility index (Phi) is 4.32. The van der Waals surface area contributed by atoms with Crippen LogP contribution in [-0.2, 0) is 14.6 Å². The lowest BCUT2D eigenvalue weighted by molar-refractivity contribution is -0.116. The van der Waals surface area contributed by atoms with Gasteiger partial charge in [0.25, 0.3) is 0 Å². The minimum Gasteiger partial charge on any atom is -0.326 e. The lowest BCUT2D eigenvalue weighted by Gasteiger charge is -2.09. The number of rotatable bonds is 4. The van der Waals surface area contributed by atoms with E-state index in [0.29, 0.717) is 5.69 Å². The van der Waals surface area contributed by atoms with Crippen molar-refractivity contribution in [2.24, 2.45) is 5.92 Å². The van der Waals surface area contributed by atoms with Gasteiger partial charge in [-0.2, -0.15) is 0 Å². The highest BCUT2D eigenvalue weighted by Gasteiger charge is 2.23. The van der Waals surface area contributed by atoms with Gasteiger partial charge in [0, 0.05) is 34.4 Å². The van der Waals surface area contributed by atoms with E-state index in [1.54, 1.807) is 17.4 Å². The maximum Gasteiger partial charge on any atom is 0.224 e. The molecule has 7 heteroatoms. The predicted octanol–water partition coefficient (Wildman–Crippen LogP) is 3.01. The molecule has 0 aliphatic carbocycles. The van der Waals surface area contributed by atoms with E-state index in [0.717, 1.165) is 16.3 Å². The zero-order chi connectivity index (χ0) is 16.4. The number of anilines is 1. The summed E-state index contributed by atoms with van der Waals surface area (Å²) in [5, 5.41) is 6.98. The highest BCUT2D eigenvalue weighted by Crippen LogP contribution is 2.25. The number of benzene rings is 1. The Morgan fingerprint density at radius 3 is 2.91 bits per heavy atom. The largest absolute Gasteiger partial charge is 0.326 e. The summed E-state index contributed by atoms with van der Waals surface area (Å²) in [6.45, 7) is 1.95. The van der Waals surface area contributed by atoms with Crippen LogP contribution in [0.1, 0.15) is 11.4 Å². The fourth-order valence-corrected chi connectivity index (χ4v) is 4.49. The molecular weight excluding hydrogens is 332 g/mol. The van der Waals surface area contributed by atoms with Gasteiger partial charge in [-0.15, -0.1) is 11.3 Å². The number of hydrogen-bond acceptors (Lipinski definition) is 5. The van der Waals surface area contributed by atoms with Crippen LogP contribution >= 0.6 is 11.3 Å². The monoisotopic (exact) mass is 348 g/mol. The van der Waals surface area contributed by atoms with Crippen LogP contribution in [0.3, 0.4) is 0 Å². The number of nitrogens with zero attached hydrogens (tertiary/aromatic N) is 1. The smallest absolute Gasteiger partial charge is 0.224 e. The van der Waals surface area contributed by atoms with Crippen molar-refractivity contribution in [1.82, 2.24) is 4.98 Å². The van der Waals surface area contributed by atoms with E-state index in [2.05, 4.69) is 10.3 Å². The molecule has 0 bridgehead atoms. The zero-order valence-electron chi connectivity index (χ0n) is 12.5. The van der Waals surface area contributed by atoms with Crippen molar-refractivity contribution in [2.45, 2.75) is 13.3 Å². The molecule has 2 aromatic rings. The molecule has 1 aliphatic heterocycles. The highest BCUT2D eigenvalue weighted by molar-refractivity contribution is 7.94. The molecular formula is C16H16N2O3S2. The van der Waals surface area contributed by atoms with Gasteiger partial charge in [-0.3, -0.25) is 4.79 Å². The Bertz CT molecular complexity index is 869. The maximum absolute atomic E-state index is 12.1. The third-order valence-electron chi connectivity index (χ3n) is 3.51. The number of carbonyl (C=O) groups is 1. The fraction of sp³-hybridized carbons (Fsp3) is 0.250. The van der Waals surface area contributed by atoms with Crippen LogP contribution in [0.15, 0.2) is 41.1 Å². The molecule has 23 heavy (non-hydrogen) atoms. The number of sulfone groups is 1. The number of aromatic nitrogens is 1. The van der Waals surface area contributed by atoms with E-state index in [1.165, 1.54) is 5.41 Å². The molecule has 1 aromatic heterocycles. The molecule has 0 saturated heterocycles. The second kappa shape index (κ2) is 6.25. The van der Waals surface area contributed by atoms with Crippen molar-refractivity contribution < 1.29 is 13.2 Å². The summed E-state index contributed by atoms with van der Waals surface area (Å²) in [5.41, 5.74) is 2.51. The van der Waals surface area contributed by atoms with Crippen molar-refractivity contribution in [3.05, 3.63) is 46.1 Å². The summed E-state index contributed by atoms with van der Waals surface area (Å²) >= 11 is 1.58. The minimum absolute atomic E-state index is 0.0125. The number of aryl methyl sites for hydroxylation is 1. The lowest BCUT2D eigenvalue weighted by Crippen LogP contribution is -2.17. The average Bonchev–Trinajstić information content (AvgIpc) is 3.05. The number of thiazole rings is 1. The second-order valence-electron chi connectivity index (χ2n) is 5.50. The zero-order valence-corrected chi connectivity index (χ0v) is 14.2. The van der Waals surface area contributed by atoms with Gasteiger partial charge in [0.15, 0.2) is 9.84 Å². The molecule has 1 aromatic carbocycles. The van der Waals surface area contributed by atoms with Crippen LogP contribution < -0.4 is 5.32 Å².